The lowest BCUT2D eigenvalue weighted by Gasteiger charge is -2.28. The number of benzene rings is 1. The number of methoxy groups -OCH3 is 1. The van der Waals surface area contributed by atoms with Gasteiger partial charge in [0, 0.05) is 37.3 Å². The van der Waals surface area contributed by atoms with Crippen molar-refractivity contribution in [3.05, 3.63) is 102 Å². The molecule has 0 radical (unpaired) electrons. The van der Waals surface area contributed by atoms with Gasteiger partial charge < -0.3 is 24.8 Å². The van der Waals surface area contributed by atoms with Gasteiger partial charge in [0.15, 0.2) is 5.11 Å². The van der Waals surface area contributed by atoms with E-state index < -0.39 is 0 Å². The van der Waals surface area contributed by atoms with Crippen molar-refractivity contribution in [2.45, 2.75) is 18.5 Å². The predicted octanol–water partition coefficient (Wildman–Crippen LogP) is 4.93. The molecule has 1 fully saturated rings. The highest BCUT2D eigenvalue weighted by atomic mass is 35.5. The van der Waals surface area contributed by atoms with Gasteiger partial charge in [0.25, 0.3) is 0 Å². The molecule has 10 heteroatoms. The van der Waals surface area contributed by atoms with Crippen molar-refractivity contribution >= 4 is 40.5 Å². The Kier molecular flexibility index (Phi) is 7.34. The lowest BCUT2D eigenvalue weighted by Crippen LogP contribution is -2.33. The van der Waals surface area contributed by atoms with Crippen molar-refractivity contribution in [2.75, 3.05) is 19.0 Å². The third-order valence-corrected chi connectivity index (χ3v) is 6.78. The second-order valence-electron chi connectivity index (χ2n) is 8.46. The van der Waals surface area contributed by atoms with Crippen LogP contribution in [-0.4, -0.2) is 44.1 Å². The van der Waals surface area contributed by atoms with E-state index in [9.17, 15) is 4.79 Å². The van der Waals surface area contributed by atoms with Crippen molar-refractivity contribution in [3.63, 3.8) is 0 Å². The number of amides is 1. The molecule has 1 saturated heterocycles. The number of nitrogens with zero attached hydrogens (tertiary/aromatic N) is 4. The quantitative estimate of drug-likeness (QED) is 0.311. The minimum atomic E-state index is -0.228. The Bertz CT molecular complexity index is 1400. The number of nitrogens with one attached hydrogen (secondary N) is 2. The Balaban J connectivity index is 1.43. The Morgan fingerprint density at radius 2 is 1.95 bits per heavy atom. The molecular weight excluding hydrogens is 508 g/mol. The summed E-state index contributed by atoms with van der Waals surface area (Å²) in [5.74, 6) is 1.20. The van der Waals surface area contributed by atoms with Crippen LogP contribution in [0.15, 0.2) is 85.3 Å². The molecule has 1 aromatic carbocycles. The van der Waals surface area contributed by atoms with Gasteiger partial charge in [-0.25, -0.2) is 4.98 Å². The first-order valence-corrected chi connectivity index (χ1v) is 12.5. The largest absolute Gasteiger partial charge is 0.495 e. The van der Waals surface area contributed by atoms with Crippen molar-refractivity contribution in [1.29, 1.82) is 0 Å². The zero-order chi connectivity index (χ0) is 25.8. The molecule has 0 aliphatic carbocycles. The molecule has 4 aromatic rings. The molecule has 0 saturated carbocycles. The molecule has 37 heavy (non-hydrogen) atoms. The minimum Gasteiger partial charge on any atom is -0.495 e. The molecule has 1 amide bonds. The number of thiocarbonyl (C=S) groups is 1. The number of hydrogen-bond donors (Lipinski definition) is 2. The van der Waals surface area contributed by atoms with Crippen molar-refractivity contribution in [2.24, 2.45) is 0 Å². The third-order valence-electron chi connectivity index (χ3n) is 6.20. The van der Waals surface area contributed by atoms with Gasteiger partial charge in [0.2, 0.25) is 5.91 Å². The second-order valence-corrected chi connectivity index (χ2v) is 9.28. The zero-order valence-corrected chi connectivity index (χ0v) is 21.6. The maximum Gasteiger partial charge on any atom is 0.226 e. The van der Waals surface area contributed by atoms with Gasteiger partial charge in [-0.15, -0.1) is 0 Å². The van der Waals surface area contributed by atoms with Crippen LogP contribution in [0.25, 0.3) is 5.82 Å². The van der Waals surface area contributed by atoms with Crippen LogP contribution in [0.4, 0.5) is 5.69 Å². The van der Waals surface area contributed by atoms with Gasteiger partial charge in [-0.05, 0) is 60.7 Å². The molecule has 3 aromatic heterocycles. The Labute approximate surface area is 225 Å². The summed E-state index contributed by atoms with van der Waals surface area (Å²) in [6.45, 7) is 0.403. The van der Waals surface area contributed by atoms with E-state index in [1.807, 2.05) is 76.3 Å². The highest BCUT2D eigenvalue weighted by Gasteiger charge is 2.41. The Hall–Kier alpha value is -3.95. The molecule has 4 heterocycles. The van der Waals surface area contributed by atoms with E-state index in [2.05, 4.69) is 20.6 Å². The lowest BCUT2D eigenvalue weighted by molar-refractivity contribution is -0.116. The summed E-state index contributed by atoms with van der Waals surface area (Å²) < 4.78 is 7.36. The van der Waals surface area contributed by atoms with E-state index in [1.165, 1.54) is 0 Å². The standard InChI is InChI=1S/C27H25ClN6O2S/c1-36-22-10-3-2-7-19(22)31-24(35)13-16-34-26(25(32-27(34)37)20-8-4-5-14-29-20)21-9-6-15-33(21)23-12-11-18(28)17-30-23/h2-12,14-15,17,25-26H,13,16H2,1H3,(H,31,35)(H,32,37)/t25-,26-/m1/s1. The van der Waals surface area contributed by atoms with Gasteiger partial charge in [0.1, 0.15) is 11.6 Å². The van der Waals surface area contributed by atoms with Crippen LogP contribution in [0.5, 0.6) is 5.75 Å². The van der Waals surface area contributed by atoms with E-state index >= 15 is 0 Å². The molecule has 5 rings (SSSR count). The fourth-order valence-corrected chi connectivity index (χ4v) is 4.95. The summed E-state index contributed by atoms with van der Waals surface area (Å²) in [6.07, 6.45) is 5.56. The molecule has 0 bridgehead atoms. The van der Waals surface area contributed by atoms with Crippen LogP contribution in [0.2, 0.25) is 5.02 Å². The summed E-state index contributed by atoms with van der Waals surface area (Å²) in [6, 6.07) is 20.4. The van der Waals surface area contributed by atoms with Gasteiger partial charge in [-0.2, -0.15) is 0 Å². The van der Waals surface area contributed by atoms with Crippen LogP contribution in [0.1, 0.15) is 29.9 Å². The normalized spacial score (nSPS) is 16.9. The van der Waals surface area contributed by atoms with Crippen LogP contribution in [0, 0.1) is 0 Å². The highest BCUT2D eigenvalue weighted by molar-refractivity contribution is 7.80. The first-order valence-electron chi connectivity index (χ1n) is 11.8. The van der Waals surface area contributed by atoms with E-state index in [1.54, 1.807) is 25.6 Å². The van der Waals surface area contributed by atoms with Gasteiger partial charge in [0.05, 0.1) is 35.6 Å². The fraction of sp³-hybridized carbons (Fsp3) is 0.185. The molecular formula is C27H25ClN6O2S. The summed E-state index contributed by atoms with van der Waals surface area (Å²) in [4.78, 5) is 24.0. The average Bonchev–Trinajstić information content (AvgIpc) is 3.53. The van der Waals surface area contributed by atoms with E-state index in [0.29, 0.717) is 28.1 Å². The molecule has 188 valence electrons. The minimum absolute atomic E-state index is 0.137. The number of pyridine rings is 2. The van der Waals surface area contributed by atoms with Crippen LogP contribution in [-0.2, 0) is 4.79 Å². The van der Waals surface area contributed by atoms with Gasteiger partial charge in [-0.1, -0.05) is 29.8 Å². The number of ether oxygens (including phenoxy) is 1. The van der Waals surface area contributed by atoms with E-state index in [4.69, 9.17) is 28.6 Å². The molecule has 0 unspecified atom stereocenters. The number of carbonyl (C=O) groups is 1. The first kappa shape index (κ1) is 24.7. The van der Waals surface area contributed by atoms with E-state index in [0.717, 1.165) is 17.2 Å². The maximum absolute atomic E-state index is 12.9. The SMILES string of the molecule is COc1ccccc1NC(=O)CCN1C(=S)N[C@H](c2ccccn2)[C@H]1c1cccn1-c1ccc(Cl)cn1. The fourth-order valence-electron chi connectivity index (χ4n) is 4.50. The number of rotatable bonds is 8. The Morgan fingerprint density at radius 3 is 2.70 bits per heavy atom. The maximum atomic E-state index is 12.9. The molecule has 1 aliphatic heterocycles. The average molecular weight is 533 g/mol. The summed E-state index contributed by atoms with van der Waals surface area (Å²) in [7, 11) is 1.58. The second kappa shape index (κ2) is 11.0. The van der Waals surface area contributed by atoms with Crippen molar-refractivity contribution < 1.29 is 9.53 Å². The molecule has 0 spiro atoms. The van der Waals surface area contributed by atoms with Crippen molar-refractivity contribution in [1.82, 2.24) is 24.8 Å². The number of hydrogen-bond acceptors (Lipinski definition) is 5. The first-order chi connectivity index (χ1) is 18.0. The smallest absolute Gasteiger partial charge is 0.226 e. The predicted molar refractivity (Wildman–Crippen MR) is 147 cm³/mol. The molecule has 1 aliphatic rings. The molecule has 8 nitrogen and oxygen atoms in total. The van der Waals surface area contributed by atoms with Gasteiger partial charge >= 0.3 is 0 Å². The lowest BCUT2D eigenvalue weighted by atomic mass is 10.0. The topological polar surface area (TPSA) is 84.3 Å². The Morgan fingerprint density at radius 1 is 1.11 bits per heavy atom. The highest BCUT2D eigenvalue weighted by Crippen LogP contribution is 2.39. The molecule has 2 N–H and O–H groups in total. The molecule has 2 atom stereocenters. The summed E-state index contributed by atoms with van der Waals surface area (Å²) in [5.41, 5.74) is 2.44. The number of carbonyl (C=O) groups excluding carboxylic acids is 1. The third kappa shape index (κ3) is 5.28. The summed E-state index contributed by atoms with van der Waals surface area (Å²) in [5, 5.41) is 7.49. The van der Waals surface area contributed by atoms with Crippen LogP contribution >= 0.6 is 23.8 Å². The number of anilines is 1. The van der Waals surface area contributed by atoms with Crippen molar-refractivity contribution in [3.8, 4) is 11.6 Å². The summed E-state index contributed by atoms with van der Waals surface area (Å²) >= 11 is 11.8. The zero-order valence-electron chi connectivity index (χ0n) is 20.0. The van der Waals surface area contributed by atoms with Crippen LogP contribution in [0.3, 0.4) is 0 Å². The van der Waals surface area contributed by atoms with E-state index in [-0.39, 0.29) is 24.4 Å². The van der Waals surface area contributed by atoms with Gasteiger partial charge in [-0.3, -0.25) is 9.78 Å². The van der Waals surface area contributed by atoms with Crippen LogP contribution < -0.4 is 15.4 Å². The number of para-hydroxylation sites is 2. The number of halogens is 1. The number of aromatic nitrogens is 3. The monoisotopic (exact) mass is 532 g/mol.